The van der Waals surface area contributed by atoms with Crippen LogP contribution in [0.25, 0.3) is 10.8 Å². The number of hydrogen-bond acceptors (Lipinski definition) is 2. The Hall–Kier alpha value is -1.88. The average molecular weight is 376 g/mol. The summed E-state index contributed by atoms with van der Waals surface area (Å²) < 4.78 is 0.998. The third-order valence-electron chi connectivity index (χ3n) is 4.54. The van der Waals surface area contributed by atoms with E-state index in [9.17, 15) is 14.7 Å². The van der Waals surface area contributed by atoms with Gasteiger partial charge in [-0.15, -0.1) is 0 Å². The first kappa shape index (κ1) is 16.0. The number of aliphatic carboxylic acids is 1. The molecule has 120 valence electrons. The van der Waals surface area contributed by atoms with E-state index in [2.05, 4.69) is 15.9 Å². The third-order valence-corrected chi connectivity index (χ3v) is 5.03. The molecule has 1 heterocycles. The van der Waals surface area contributed by atoms with Gasteiger partial charge in [0.25, 0.3) is 5.91 Å². The number of fused-ring (bicyclic) bond motifs is 1. The van der Waals surface area contributed by atoms with Crippen molar-refractivity contribution in [2.24, 2.45) is 5.92 Å². The lowest BCUT2D eigenvalue weighted by Gasteiger charge is -2.36. The van der Waals surface area contributed by atoms with Crippen molar-refractivity contribution in [3.63, 3.8) is 0 Å². The molecule has 2 unspecified atom stereocenters. The van der Waals surface area contributed by atoms with Gasteiger partial charge in [-0.1, -0.05) is 28.1 Å². The fraction of sp³-hybridized carbons (Fsp3) is 0.333. The smallest absolute Gasteiger partial charge is 0.308 e. The predicted octanol–water partition coefficient (Wildman–Crippen LogP) is 3.93. The molecule has 0 bridgehead atoms. The number of likely N-dealkylation sites (tertiary alicyclic amines) is 1. The molecule has 1 aliphatic heterocycles. The number of carboxylic acid groups (broad SMARTS) is 1. The van der Waals surface area contributed by atoms with E-state index >= 15 is 0 Å². The zero-order chi connectivity index (χ0) is 16.6. The second-order valence-electron chi connectivity index (χ2n) is 6.13. The Bertz CT molecular complexity index is 774. The van der Waals surface area contributed by atoms with Crippen LogP contribution in [0, 0.1) is 5.92 Å². The normalized spacial score (nSPS) is 21.4. The van der Waals surface area contributed by atoms with Crippen LogP contribution in [0.4, 0.5) is 0 Å². The summed E-state index contributed by atoms with van der Waals surface area (Å²) in [6, 6.07) is 11.6. The maximum atomic E-state index is 12.8. The Balaban J connectivity index is 1.89. The van der Waals surface area contributed by atoms with E-state index in [0.29, 0.717) is 12.0 Å². The lowest BCUT2D eigenvalue weighted by Crippen LogP contribution is -2.47. The molecule has 1 fully saturated rings. The summed E-state index contributed by atoms with van der Waals surface area (Å²) in [6.45, 7) is 2.27. The molecular weight excluding hydrogens is 358 g/mol. The van der Waals surface area contributed by atoms with E-state index < -0.39 is 11.9 Å². The fourth-order valence-electron chi connectivity index (χ4n) is 3.11. The average Bonchev–Trinajstić information content (AvgIpc) is 2.54. The summed E-state index contributed by atoms with van der Waals surface area (Å²) in [6.07, 6.45) is 1.36. The molecule has 1 amide bonds. The molecule has 2 aromatic carbocycles. The van der Waals surface area contributed by atoms with Crippen molar-refractivity contribution in [1.82, 2.24) is 4.90 Å². The van der Waals surface area contributed by atoms with Crippen molar-refractivity contribution in [2.45, 2.75) is 25.8 Å². The Morgan fingerprint density at radius 1 is 1.13 bits per heavy atom. The van der Waals surface area contributed by atoms with Gasteiger partial charge < -0.3 is 10.0 Å². The second kappa shape index (κ2) is 6.32. The van der Waals surface area contributed by atoms with Crippen molar-refractivity contribution < 1.29 is 14.7 Å². The van der Waals surface area contributed by atoms with Crippen LogP contribution in [-0.2, 0) is 4.79 Å². The van der Waals surface area contributed by atoms with E-state index in [0.717, 1.165) is 21.7 Å². The van der Waals surface area contributed by atoms with E-state index in [-0.39, 0.29) is 18.5 Å². The maximum absolute atomic E-state index is 12.8. The molecule has 0 spiro atoms. The summed E-state index contributed by atoms with van der Waals surface area (Å²) in [5.41, 5.74) is 0.609. The molecule has 23 heavy (non-hydrogen) atoms. The van der Waals surface area contributed by atoms with Crippen molar-refractivity contribution in [3.8, 4) is 0 Å². The molecule has 1 N–H and O–H groups in total. The maximum Gasteiger partial charge on any atom is 0.308 e. The van der Waals surface area contributed by atoms with Crippen LogP contribution in [0.5, 0.6) is 0 Å². The number of amides is 1. The number of hydrogen-bond donors (Lipinski definition) is 1. The van der Waals surface area contributed by atoms with Gasteiger partial charge >= 0.3 is 5.97 Å². The first-order valence-corrected chi connectivity index (χ1v) is 8.48. The van der Waals surface area contributed by atoms with Crippen LogP contribution in [0.1, 0.15) is 30.1 Å². The molecule has 0 saturated carbocycles. The number of halogens is 1. The largest absolute Gasteiger partial charge is 0.481 e. The zero-order valence-corrected chi connectivity index (χ0v) is 14.4. The molecule has 1 saturated heterocycles. The summed E-state index contributed by atoms with van der Waals surface area (Å²) in [5, 5.41) is 11.3. The van der Waals surface area contributed by atoms with Gasteiger partial charge in [0, 0.05) is 22.6 Å². The summed E-state index contributed by atoms with van der Waals surface area (Å²) >= 11 is 3.44. The highest BCUT2D eigenvalue weighted by atomic mass is 79.9. The van der Waals surface area contributed by atoms with Crippen LogP contribution < -0.4 is 0 Å². The molecule has 0 aromatic heterocycles. The van der Waals surface area contributed by atoms with Crippen LogP contribution in [0.15, 0.2) is 40.9 Å². The molecule has 0 radical (unpaired) electrons. The molecule has 4 nitrogen and oxygen atoms in total. The molecule has 3 rings (SSSR count). The van der Waals surface area contributed by atoms with Crippen molar-refractivity contribution in [2.75, 3.05) is 6.54 Å². The molecule has 0 aliphatic carbocycles. The molecule has 5 heteroatoms. The van der Waals surface area contributed by atoms with Crippen LogP contribution in [-0.4, -0.2) is 34.5 Å². The quantitative estimate of drug-likeness (QED) is 0.864. The van der Waals surface area contributed by atoms with Gasteiger partial charge in [0.1, 0.15) is 0 Å². The van der Waals surface area contributed by atoms with Gasteiger partial charge in [0.05, 0.1) is 5.92 Å². The minimum atomic E-state index is -0.821. The number of benzene rings is 2. The molecule has 2 aromatic rings. The van der Waals surface area contributed by atoms with E-state index in [4.69, 9.17) is 0 Å². The van der Waals surface area contributed by atoms with Gasteiger partial charge in [0.15, 0.2) is 0 Å². The second-order valence-corrected chi connectivity index (χ2v) is 7.04. The Kier molecular flexibility index (Phi) is 4.39. The van der Waals surface area contributed by atoms with Crippen molar-refractivity contribution >= 4 is 38.6 Å². The first-order chi connectivity index (χ1) is 11.0. The summed E-state index contributed by atoms with van der Waals surface area (Å²) in [4.78, 5) is 25.7. The summed E-state index contributed by atoms with van der Waals surface area (Å²) in [7, 11) is 0. The first-order valence-electron chi connectivity index (χ1n) is 7.69. The highest BCUT2D eigenvalue weighted by Crippen LogP contribution is 2.26. The molecular formula is C18H18BrNO3. The zero-order valence-electron chi connectivity index (χ0n) is 12.8. The highest BCUT2D eigenvalue weighted by Gasteiger charge is 2.32. The Labute approximate surface area is 143 Å². The van der Waals surface area contributed by atoms with Gasteiger partial charge in [-0.2, -0.15) is 0 Å². The number of piperidine rings is 1. The topological polar surface area (TPSA) is 57.6 Å². The predicted molar refractivity (Wildman–Crippen MR) is 92.5 cm³/mol. The SMILES string of the molecule is CC1CCC(C(=O)O)CN1C(=O)c1ccc2cc(Br)ccc2c1. The molecule has 2 atom stereocenters. The van der Waals surface area contributed by atoms with Gasteiger partial charge in [0.2, 0.25) is 0 Å². The van der Waals surface area contributed by atoms with Gasteiger partial charge in [-0.25, -0.2) is 0 Å². The number of nitrogens with zero attached hydrogens (tertiary/aromatic N) is 1. The lowest BCUT2D eigenvalue weighted by atomic mass is 9.92. The third kappa shape index (κ3) is 3.24. The van der Waals surface area contributed by atoms with E-state index in [1.807, 2.05) is 43.3 Å². The molecule has 1 aliphatic rings. The fourth-order valence-corrected chi connectivity index (χ4v) is 3.49. The van der Waals surface area contributed by atoms with Crippen molar-refractivity contribution in [3.05, 3.63) is 46.4 Å². The number of carbonyl (C=O) groups is 2. The van der Waals surface area contributed by atoms with E-state index in [1.165, 1.54) is 0 Å². The standard InChI is InChI=1S/C18H18BrNO3/c1-11-2-3-15(18(22)23)10-20(11)17(21)14-5-4-13-9-16(19)7-6-12(13)8-14/h4-9,11,15H,2-3,10H2,1H3,(H,22,23). The van der Waals surface area contributed by atoms with Crippen LogP contribution >= 0.6 is 15.9 Å². The van der Waals surface area contributed by atoms with Crippen molar-refractivity contribution in [1.29, 1.82) is 0 Å². The monoisotopic (exact) mass is 375 g/mol. The number of carbonyl (C=O) groups excluding carboxylic acids is 1. The minimum absolute atomic E-state index is 0.0683. The van der Waals surface area contributed by atoms with Gasteiger partial charge in [-0.05, 0) is 54.8 Å². The number of rotatable bonds is 2. The van der Waals surface area contributed by atoms with Gasteiger partial charge in [-0.3, -0.25) is 9.59 Å². The lowest BCUT2D eigenvalue weighted by molar-refractivity contribution is -0.143. The van der Waals surface area contributed by atoms with E-state index in [1.54, 1.807) is 4.90 Å². The van der Waals surface area contributed by atoms with Crippen LogP contribution in [0.3, 0.4) is 0 Å². The Morgan fingerprint density at radius 2 is 1.83 bits per heavy atom. The number of carboxylic acids is 1. The summed E-state index contributed by atoms with van der Waals surface area (Å²) in [5.74, 6) is -1.38. The van der Waals surface area contributed by atoms with Crippen LogP contribution in [0.2, 0.25) is 0 Å². The minimum Gasteiger partial charge on any atom is -0.481 e. The highest BCUT2D eigenvalue weighted by molar-refractivity contribution is 9.10. The Morgan fingerprint density at radius 3 is 2.57 bits per heavy atom.